The number of aromatic nitrogens is 2. The number of nitrogens with zero attached hydrogens (tertiary/aromatic N) is 2. The lowest BCUT2D eigenvalue weighted by Gasteiger charge is -2.59. The van der Waals surface area contributed by atoms with E-state index in [2.05, 4.69) is 25.9 Å². The lowest BCUT2D eigenvalue weighted by Crippen LogP contribution is -2.86. The molecule has 3 aromatic heterocycles. The quantitative estimate of drug-likeness (QED) is 0.00544. The van der Waals surface area contributed by atoms with Crippen LogP contribution >= 0.6 is 0 Å². The number of H-pyrrole nitrogens is 1. The summed E-state index contributed by atoms with van der Waals surface area (Å²) in [6.07, 6.45) is 0.253. The molecular weight excluding hydrogens is 1120 g/mol. The highest BCUT2D eigenvalue weighted by Gasteiger charge is 2.75. The van der Waals surface area contributed by atoms with E-state index in [4.69, 9.17) is 29.2 Å². The zero-order valence-electron chi connectivity index (χ0n) is 47.0. The van der Waals surface area contributed by atoms with Crippen LogP contribution in [0.5, 0.6) is 11.5 Å². The van der Waals surface area contributed by atoms with Gasteiger partial charge < -0.3 is 100 Å². The number of fused-ring (bicyclic) bond motifs is 3. The second-order valence-corrected chi connectivity index (χ2v) is 22.0. The molecule has 2 aliphatic heterocycles. The summed E-state index contributed by atoms with van der Waals surface area (Å²) in [6.45, 7) is -0.768. The van der Waals surface area contributed by atoms with Crippen molar-refractivity contribution in [1.82, 2.24) is 25.7 Å². The molecule has 0 bridgehead atoms. The normalized spacial score (nSPS) is 25.8. The molecule has 3 aliphatic rings. The summed E-state index contributed by atoms with van der Waals surface area (Å²) in [4.78, 5) is 80.2. The molecule has 1 saturated heterocycles. The number of nitrogens with two attached hydrogens (primary N) is 1. The number of aryl methyl sites for hydroxylation is 2. The van der Waals surface area contributed by atoms with Gasteiger partial charge in [-0.25, -0.2) is 14.6 Å². The maximum Gasteiger partial charge on any atom is 0.337 e. The second kappa shape index (κ2) is 26.3. The first kappa shape index (κ1) is 62.5. The number of ether oxygens (including phenoxy) is 3. The largest absolute Gasteiger partial charge is 0.508 e. The number of esters is 1. The Kier molecular flexibility index (Phi) is 19.1. The molecule has 6 aromatic rings. The number of hydrogen-bond donors (Lipinski definition) is 14. The number of guanidine groups is 1. The van der Waals surface area contributed by atoms with Crippen molar-refractivity contribution in [2.75, 3.05) is 33.0 Å². The molecular formula is C60H71N7O19. The van der Waals surface area contributed by atoms with Crippen molar-refractivity contribution in [2.24, 2.45) is 22.6 Å². The van der Waals surface area contributed by atoms with Crippen LogP contribution in [0.2, 0.25) is 0 Å². The van der Waals surface area contributed by atoms with Crippen LogP contribution in [0, 0.1) is 25.7 Å². The minimum atomic E-state index is -3.55. The van der Waals surface area contributed by atoms with Gasteiger partial charge in [-0.1, -0.05) is 47.9 Å². The molecule has 0 amide bonds. The fourth-order valence-electron chi connectivity index (χ4n) is 12.1. The summed E-state index contributed by atoms with van der Waals surface area (Å²) in [5.41, 5.74) is -0.665. The van der Waals surface area contributed by atoms with E-state index in [9.17, 15) is 69.9 Å². The Balaban J connectivity index is 1.23. The van der Waals surface area contributed by atoms with Gasteiger partial charge in [0.05, 0.1) is 41.4 Å². The summed E-state index contributed by atoms with van der Waals surface area (Å²) >= 11 is 0. The first-order chi connectivity index (χ1) is 41.3. The number of carboxylic acids is 1. The number of phenols is 1. The van der Waals surface area contributed by atoms with Crippen molar-refractivity contribution < 1.29 is 88.6 Å². The number of hydrogen-bond acceptors (Lipinski definition) is 21. The summed E-state index contributed by atoms with van der Waals surface area (Å²) in [5, 5.41) is 113. The lowest BCUT2D eigenvalue weighted by molar-refractivity contribution is -0.400. The number of rotatable bonds is 25. The topological polar surface area (TPSA) is 413 Å². The van der Waals surface area contributed by atoms with Gasteiger partial charge in [0.25, 0.3) is 0 Å². The van der Waals surface area contributed by atoms with Crippen LogP contribution in [0.4, 0.5) is 0 Å². The SMILES string of the molecule is Cc1cc(C)cc(-c2c3[nH]ccc3cn2O[C@@H]2[C@@H](Oc3ccc4c(=O)c(-c5ccc(O)cc5)coc4c3)O[C@@H]([C@](CO)(NC(N)=N[C@@H](C=O)[C@@H]3C=C[C@H]4CCC[C@@H](CO)[C@@H]4N3)OC(=O)[C@H](NCCC=O)C(=O)O)[C@@](O)(CO)[C@]2(O)[C@H](O)CCCO)c1. The summed E-state index contributed by atoms with van der Waals surface area (Å²) in [7, 11) is 0. The average molecular weight is 1190 g/mol. The molecule has 0 spiro atoms. The molecule has 5 heterocycles. The predicted molar refractivity (Wildman–Crippen MR) is 308 cm³/mol. The Bertz CT molecular complexity index is 3510. The standard InChI is InChI=1S/C60H71N7O19/c1-32-22-33(2)24-38(23-32)50-48-36(17-19-63-48)26-67(50)86-52-55(83-40-14-15-41-45(25-40)82-29-42(51(41)76)34-9-12-39(74)13-10-34)84-56(58(80,30-72)60(52,81)46(75)8-4-20-68)59(31-73,85-54(79)49(53(77)78)62-18-5-21-69)66-57(61)65-44(28-71)43-16-11-35-6-3-7-37(27-70)47(35)64-43/h9-17,19,21-26,28-29,35,37,43-44,46-47,49,52,55-56,62-64,68,70,72-75,80-81H,3-8,18,20,27,30-31H2,1-2H3,(H,77,78)(H3,61,65,66)/t35-,37+,43+,44+,46-,47-,49-,52-,55+,56-,58+,59-,60+/m1/s1. The number of carbonyl (C=O) groups excluding carboxylic acids is 3. The van der Waals surface area contributed by atoms with Crippen molar-refractivity contribution in [3.8, 4) is 33.9 Å². The number of nitrogens with one attached hydrogen (secondary N) is 4. The van der Waals surface area contributed by atoms with Gasteiger partial charge in [0.15, 0.2) is 28.7 Å². The van der Waals surface area contributed by atoms with Crippen LogP contribution in [0.25, 0.3) is 44.3 Å². The highest BCUT2D eigenvalue weighted by molar-refractivity contribution is 5.99. The second-order valence-electron chi connectivity index (χ2n) is 22.0. The van der Waals surface area contributed by atoms with Crippen LogP contribution in [0.3, 0.4) is 0 Å². The zero-order chi connectivity index (χ0) is 61.7. The maximum atomic E-state index is 14.5. The van der Waals surface area contributed by atoms with Crippen LogP contribution in [0.1, 0.15) is 49.7 Å². The smallest absolute Gasteiger partial charge is 0.337 e. The van der Waals surface area contributed by atoms with E-state index in [0.717, 1.165) is 24.0 Å². The third kappa shape index (κ3) is 12.2. The van der Waals surface area contributed by atoms with Gasteiger partial charge in [-0.2, -0.15) is 4.73 Å². The monoisotopic (exact) mass is 1190 g/mol. The third-order valence-electron chi connectivity index (χ3n) is 16.3. The van der Waals surface area contributed by atoms with Crippen molar-refractivity contribution in [2.45, 2.75) is 118 Å². The molecule has 460 valence electrons. The Hall–Kier alpha value is -8.02. The molecule has 15 N–H and O–H groups in total. The molecule has 3 aromatic carbocycles. The van der Waals surface area contributed by atoms with Gasteiger partial charge in [0, 0.05) is 55.4 Å². The highest BCUT2D eigenvalue weighted by Crippen LogP contribution is 2.47. The van der Waals surface area contributed by atoms with E-state index in [1.54, 1.807) is 18.3 Å². The van der Waals surface area contributed by atoms with Gasteiger partial charge in [-0.15, -0.1) is 0 Å². The molecule has 1 aliphatic carbocycles. The Morgan fingerprint density at radius 2 is 1.76 bits per heavy atom. The van der Waals surface area contributed by atoms with Crippen LogP contribution in [-0.4, -0.2) is 185 Å². The highest BCUT2D eigenvalue weighted by atomic mass is 16.8. The summed E-state index contributed by atoms with van der Waals surface area (Å²) in [6, 6.07) is 12.0. The Morgan fingerprint density at radius 1 is 1.00 bits per heavy atom. The number of aromatic amines is 1. The Morgan fingerprint density at radius 3 is 2.43 bits per heavy atom. The molecule has 26 nitrogen and oxygen atoms in total. The van der Waals surface area contributed by atoms with Crippen molar-refractivity contribution >= 4 is 52.3 Å². The first-order valence-corrected chi connectivity index (χ1v) is 28.1. The molecule has 2 fully saturated rings. The number of benzene rings is 3. The van der Waals surface area contributed by atoms with Gasteiger partial charge in [0.1, 0.15) is 54.3 Å². The number of aliphatic hydroxyl groups excluding tert-OH is 5. The zero-order valence-corrected chi connectivity index (χ0v) is 47.0. The van der Waals surface area contributed by atoms with E-state index in [-0.39, 0.29) is 65.4 Å². The number of aromatic hydroxyl groups is 1. The number of phenolic OH excluding ortho intramolecular Hbond substituents is 1. The number of aldehydes is 2. The molecule has 9 rings (SSSR count). The van der Waals surface area contributed by atoms with E-state index < -0.39 is 116 Å². The minimum Gasteiger partial charge on any atom is -0.508 e. The predicted octanol–water partition coefficient (Wildman–Crippen LogP) is 0.562. The van der Waals surface area contributed by atoms with E-state index in [1.165, 1.54) is 59.7 Å². The fraction of sp³-hybridized carbons (Fsp3) is 0.433. The molecule has 13 atom stereocenters. The van der Waals surface area contributed by atoms with Gasteiger partial charge in [0.2, 0.25) is 24.2 Å². The minimum absolute atomic E-state index is 0.00420. The van der Waals surface area contributed by atoms with Gasteiger partial charge >= 0.3 is 11.9 Å². The first-order valence-electron chi connectivity index (χ1n) is 28.1. The number of aliphatic carboxylic acids is 1. The fourth-order valence-corrected chi connectivity index (χ4v) is 12.1. The molecule has 0 radical (unpaired) electrons. The number of carboxylic acid groups (broad SMARTS) is 1. The lowest BCUT2D eigenvalue weighted by atomic mass is 9.66. The molecule has 1 saturated carbocycles. The number of aliphatic hydroxyl groups is 7. The molecule has 0 unspecified atom stereocenters. The van der Waals surface area contributed by atoms with Gasteiger partial charge in [-0.3, -0.25) is 10.1 Å². The molecule has 86 heavy (non-hydrogen) atoms. The van der Waals surface area contributed by atoms with Crippen molar-refractivity contribution in [3.63, 3.8) is 0 Å². The van der Waals surface area contributed by atoms with Crippen LogP contribution < -0.4 is 36.7 Å². The maximum absolute atomic E-state index is 14.5. The van der Waals surface area contributed by atoms with Crippen molar-refractivity contribution in [3.05, 3.63) is 119 Å². The van der Waals surface area contributed by atoms with Gasteiger partial charge in [-0.05, 0) is 99.4 Å². The van der Waals surface area contributed by atoms with Crippen LogP contribution in [0.15, 0.2) is 112 Å². The number of aliphatic imine (C=N–C) groups is 1. The van der Waals surface area contributed by atoms with E-state index in [1.807, 2.05) is 38.1 Å². The van der Waals surface area contributed by atoms with Crippen LogP contribution in [-0.2, 0) is 28.7 Å². The van der Waals surface area contributed by atoms with E-state index in [0.29, 0.717) is 46.7 Å². The van der Waals surface area contributed by atoms with E-state index >= 15 is 0 Å². The molecule has 26 heteroatoms. The Labute approximate surface area is 491 Å². The summed E-state index contributed by atoms with van der Waals surface area (Å²) in [5.74, 6) is -4.95. The number of carbonyl (C=O) groups is 4. The summed E-state index contributed by atoms with van der Waals surface area (Å²) < 4.78 is 26.4. The average Bonchev–Trinajstić information content (AvgIpc) is 0.889. The third-order valence-corrected chi connectivity index (χ3v) is 16.3. The van der Waals surface area contributed by atoms with Crippen molar-refractivity contribution in [1.29, 1.82) is 0 Å².